The van der Waals surface area contributed by atoms with Crippen LogP contribution < -0.4 is 5.32 Å². The molecule has 1 aromatic heterocycles. The summed E-state index contributed by atoms with van der Waals surface area (Å²) >= 11 is 0. The van der Waals surface area contributed by atoms with Gasteiger partial charge in [0.05, 0.1) is 5.56 Å². The molecule has 3 rings (SSSR count). The third-order valence-electron chi connectivity index (χ3n) is 4.24. The number of nitrogens with zero attached hydrogens (tertiary/aromatic N) is 2. The van der Waals surface area contributed by atoms with E-state index >= 15 is 0 Å². The first-order chi connectivity index (χ1) is 11.8. The zero-order valence-corrected chi connectivity index (χ0v) is 13.7. The minimum absolute atomic E-state index is 0.148. The summed E-state index contributed by atoms with van der Waals surface area (Å²) < 4.78 is 38.7. The number of rotatable bonds is 2. The van der Waals surface area contributed by atoms with E-state index in [0.717, 1.165) is 24.2 Å². The molecule has 1 saturated heterocycles. The molecule has 132 valence electrons. The van der Waals surface area contributed by atoms with Crippen molar-refractivity contribution in [3.63, 3.8) is 0 Å². The van der Waals surface area contributed by atoms with Gasteiger partial charge in [0.1, 0.15) is 0 Å². The molecule has 25 heavy (non-hydrogen) atoms. The second-order valence-corrected chi connectivity index (χ2v) is 6.20. The van der Waals surface area contributed by atoms with Crippen molar-refractivity contribution < 1.29 is 18.0 Å². The smallest absolute Gasteiger partial charge is 0.324 e. The molecule has 1 atom stereocenters. The summed E-state index contributed by atoms with van der Waals surface area (Å²) in [6.07, 6.45) is -1.95. The van der Waals surface area contributed by atoms with Crippen LogP contribution in [0.5, 0.6) is 0 Å². The Balaban J connectivity index is 1.68. The Morgan fingerprint density at radius 1 is 1.28 bits per heavy atom. The number of alkyl halides is 3. The first kappa shape index (κ1) is 17.3. The molecule has 4 nitrogen and oxygen atoms in total. The Morgan fingerprint density at radius 3 is 2.76 bits per heavy atom. The third kappa shape index (κ3) is 4.10. The van der Waals surface area contributed by atoms with Crippen LogP contribution in [0.2, 0.25) is 0 Å². The number of halogens is 3. The standard InChI is InChI=1S/C18H18F3N3O/c1-12-8-14(18(19,20)21)10-15(9-12)23-17(25)24-7-5-13(11-24)16-4-2-3-6-22-16/h2-4,6,8-10,13H,5,7,11H2,1H3,(H,23,25). The van der Waals surface area contributed by atoms with Crippen molar-refractivity contribution in [1.82, 2.24) is 9.88 Å². The van der Waals surface area contributed by atoms with Crippen LogP contribution in [0, 0.1) is 6.92 Å². The number of anilines is 1. The van der Waals surface area contributed by atoms with Gasteiger partial charge >= 0.3 is 12.2 Å². The van der Waals surface area contributed by atoms with E-state index < -0.39 is 17.8 Å². The van der Waals surface area contributed by atoms with Gasteiger partial charge in [-0.3, -0.25) is 4.98 Å². The van der Waals surface area contributed by atoms with Gasteiger partial charge in [0, 0.05) is 36.6 Å². The molecule has 1 fully saturated rings. The average molecular weight is 349 g/mol. The fourth-order valence-corrected chi connectivity index (χ4v) is 3.03. The highest BCUT2D eigenvalue weighted by molar-refractivity contribution is 5.89. The van der Waals surface area contributed by atoms with Crippen LogP contribution in [0.1, 0.15) is 29.2 Å². The molecule has 0 spiro atoms. The van der Waals surface area contributed by atoms with Gasteiger partial charge in [0.15, 0.2) is 0 Å². The number of benzene rings is 1. The topological polar surface area (TPSA) is 45.2 Å². The molecule has 0 bridgehead atoms. The number of aryl methyl sites for hydroxylation is 1. The second-order valence-electron chi connectivity index (χ2n) is 6.20. The molecule has 7 heteroatoms. The Hall–Kier alpha value is -2.57. The molecular formula is C18H18F3N3O. The fourth-order valence-electron chi connectivity index (χ4n) is 3.03. The number of carbonyl (C=O) groups excluding carboxylic acids is 1. The van der Waals surface area contributed by atoms with Crippen molar-refractivity contribution in [1.29, 1.82) is 0 Å². The molecule has 0 aliphatic carbocycles. The van der Waals surface area contributed by atoms with Crippen molar-refractivity contribution in [2.75, 3.05) is 18.4 Å². The molecule has 1 aromatic carbocycles. The Kier molecular flexibility index (Phi) is 4.65. The molecule has 2 amide bonds. The van der Waals surface area contributed by atoms with Gasteiger partial charge in [-0.05, 0) is 49.2 Å². The number of hydrogen-bond donors (Lipinski definition) is 1. The summed E-state index contributed by atoms with van der Waals surface area (Å²) in [6.45, 7) is 2.61. The van der Waals surface area contributed by atoms with Gasteiger partial charge in [-0.1, -0.05) is 6.07 Å². The summed E-state index contributed by atoms with van der Waals surface area (Å²) in [6, 6.07) is 8.80. The number of nitrogens with one attached hydrogen (secondary N) is 1. The molecule has 0 radical (unpaired) electrons. The predicted octanol–water partition coefficient (Wildman–Crippen LogP) is 4.43. The zero-order chi connectivity index (χ0) is 18.0. The maximum absolute atomic E-state index is 12.9. The quantitative estimate of drug-likeness (QED) is 0.872. The van der Waals surface area contributed by atoms with Crippen LogP contribution in [-0.4, -0.2) is 29.0 Å². The predicted molar refractivity (Wildman–Crippen MR) is 88.4 cm³/mol. The van der Waals surface area contributed by atoms with Gasteiger partial charge in [-0.15, -0.1) is 0 Å². The maximum atomic E-state index is 12.9. The van der Waals surface area contributed by atoms with E-state index in [9.17, 15) is 18.0 Å². The Morgan fingerprint density at radius 2 is 2.08 bits per heavy atom. The van der Waals surface area contributed by atoms with Crippen molar-refractivity contribution in [3.8, 4) is 0 Å². The van der Waals surface area contributed by atoms with E-state index in [1.807, 2.05) is 18.2 Å². The lowest BCUT2D eigenvalue weighted by Crippen LogP contribution is -2.33. The summed E-state index contributed by atoms with van der Waals surface area (Å²) in [4.78, 5) is 18.3. The summed E-state index contributed by atoms with van der Waals surface area (Å²) in [5, 5.41) is 2.58. The van der Waals surface area contributed by atoms with Crippen LogP contribution in [0.3, 0.4) is 0 Å². The highest BCUT2D eigenvalue weighted by Crippen LogP contribution is 2.32. The molecule has 1 aliphatic rings. The van der Waals surface area contributed by atoms with Crippen molar-refractivity contribution in [2.24, 2.45) is 0 Å². The van der Waals surface area contributed by atoms with Crippen molar-refractivity contribution in [3.05, 3.63) is 59.4 Å². The first-order valence-corrected chi connectivity index (χ1v) is 7.98. The van der Waals surface area contributed by atoms with E-state index in [1.54, 1.807) is 18.0 Å². The fraction of sp³-hybridized carbons (Fsp3) is 0.333. The molecule has 0 saturated carbocycles. The molecule has 1 aliphatic heterocycles. The van der Waals surface area contributed by atoms with Crippen LogP contribution >= 0.6 is 0 Å². The number of urea groups is 1. The Bertz CT molecular complexity index is 762. The molecule has 2 aromatic rings. The number of hydrogen-bond acceptors (Lipinski definition) is 2. The largest absolute Gasteiger partial charge is 0.416 e. The van der Waals surface area contributed by atoms with Crippen LogP contribution in [0.15, 0.2) is 42.6 Å². The number of likely N-dealkylation sites (tertiary alicyclic amines) is 1. The summed E-state index contributed by atoms with van der Waals surface area (Å²) in [5.74, 6) is 0.148. The lowest BCUT2D eigenvalue weighted by Gasteiger charge is -2.18. The van der Waals surface area contributed by atoms with Gasteiger partial charge in [0.2, 0.25) is 0 Å². The Labute approximate surface area is 143 Å². The lowest BCUT2D eigenvalue weighted by atomic mass is 10.0. The molecule has 1 N–H and O–H groups in total. The van der Waals surface area contributed by atoms with E-state index in [-0.39, 0.29) is 11.6 Å². The third-order valence-corrected chi connectivity index (χ3v) is 4.24. The minimum Gasteiger partial charge on any atom is -0.324 e. The SMILES string of the molecule is Cc1cc(NC(=O)N2CCC(c3ccccn3)C2)cc(C(F)(F)F)c1. The summed E-state index contributed by atoms with van der Waals surface area (Å²) in [7, 11) is 0. The second kappa shape index (κ2) is 6.74. The lowest BCUT2D eigenvalue weighted by molar-refractivity contribution is -0.137. The van der Waals surface area contributed by atoms with Crippen molar-refractivity contribution >= 4 is 11.7 Å². The number of carbonyl (C=O) groups is 1. The van der Waals surface area contributed by atoms with Gasteiger partial charge in [-0.25, -0.2) is 4.79 Å². The normalized spacial score (nSPS) is 17.6. The highest BCUT2D eigenvalue weighted by atomic mass is 19.4. The number of pyridine rings is 1. The minimum atomic E-state index is -4.44. The zero-order valence-electron chi connectivity index (χ0n) is 13.7. The van der Waals surface area contributed by atoms with E-state index in [4.69, 9.17) is 0 Å². The monoisotopic (exact) mass is 349 g/mol. The molecule has 2 heterocycles. The van der Waals surface area contributed by atoms with Crippen LogP contribution in [0.4, 0.5) is 23.7 Å². The average Bonchev–Trinajstić information content (AvgIpc) is 3.04. The van der Waals surface area contributed by atoms with Crippen molar-refractivity contribution in [2.45, 2.75) is 25.4 Å². The van der Waals surface area contributed by atoms with Gasteiger partial charge < -0.3 is 10.2 Å². The number of amides is 2. The maximum Gasteiger partial charge on any atom is 0.416 e. The van der Waals surface area contributed by atoms with Crippen LogP contribution in [0.25, 0.3) is 0 Å². The van der Waals surface area contributed by atoms with E-state index in [2.05, 4.69) is 10.3 Å². The van der Waals surface area contributed by atoms with E-state index in [1.165, 1.54) is 6.07 Å². The highest BCUT2D eigenvalue weighted by Gasteiger charge is 2.32. The first-order valence-electron chi connectivity index (χ1n) is 7.98. The van der Waals surface area contributed by atoms with Crippen LogP contribution in [-0.2, 0) is 6.18 Å². The molecular weight excluding hydrogens is 331 g/mol. The number of aromatic nitrogens is 1. The van der Waals surface area contributed by atoms with Gasteiger partial charge in [0.25, 0.3) is 0 Å². The van der Waals surface area contributed by atoms with E-state index in [0.29, 0.717) is 18.7 Å². The molecule has 1 unspecified atom stereocenters. The van der Waals surface area contributed by atoms with Gasteiger partial charge in [-0.2, -0.15) is 13.2 Å². The summed E-state index contributed by atoms with van der Waals surface area (Å²) in [5.41, 5.74) is 0.750.